The van der Waals surface area contributed by atoms with Crippen LogP contribution in [-0.2, 0) is 9.53 Å². The highest BCUT2D eigenvalue weighted by Crippen LogP contribution is 1.86. The summed E-state index contributed by atoms with van der Waals surface area (Å²) in [6.45, 7) is -1.07. The SMILES string of the molecule is O=C([O-])CNCC(O)COC(=O)F. The van der Waals surface area contributed by atoms with Crippen LogP contribution in [0.5, 0.6) is 0 Å². The molecule has 0 bridgehead atoms. The maximum absolute atomic E-state index is 11.4. The molecule has 1 atom stereocenters. The number of nitrogens with one attached hydrogen (secondary N) is 1. The third-order valence-corrected chi connectivity index (χ3v) is 1.04. The molecule has 13 heavy (non-hydrogen) atoms. The van der Waals surface area contributed by atoms with Crippen molar-refractivity contribution >= 4 is 12.2 Å². The van der Waals surface area contributed by atoms with Crippen molar-refractivity contribution in [2.24, 2.45) is 0 Å². The maximum atomic E-state index is 11.4. The highest BCUT2D eigenvalue weighted by Gasteiger charge is 2.06. The molecule has 0 radical (unpaired) electrons. The first-order valence-electron chi connectivity index (χ1n) is 3.43. The lowest BCUT2D eigenvalue weighted by molar-refractivity contribution is -0.304. The smallest absolute Gasteiger partial charge is 0.495 e. The van der Waals surface area contributed by atoms with Crippen molar-refractivity contribution in [1.82, 2.24) is 5.32 Å². The highest BCUT2D eigenvalue weighted by molar-refractivity contribution is 5.66. The Morgan fingerprint density at radius 2 is 2.23 bits per heavy atom. The van der Waals surface area contributed by atoms with Crippen LogP contribution in [0.1, 0.15) is 0 Å². The Labute approximate surface area is 73.3 Å². The van der Waals surface area contributed by atoms with E-state index in [-0.39, 0.29) is 6.54 Å². The molecule has 0 amide bonds. The molecule has 1 unspecified atom stereocenters. The summed E-state index contributed by atoms with van der Waals surface area (Å²) in [5.74, 6) is -1.32. The molecule has 0 aromatic rings. The van der Waals surface area contributed by atoms with Gasteiger partial charge in [0.2, 0.25) is 0 Å². The molecule has 7 heteroatoms. The number of carbonyl (C=O) groups is 2. The predicted molar refractivity (Wildman–Crippen MR) is 36.3 cm³/mol. The molecule has 0 fully saturated rings. The van der Waals surface area contributed by atoms with Gasteiger partial charge >= 0.3 is 6.22 Å². The second kappa shape index (κ2) is 6.32. The van der Waals surface area contributed by atoms with E-state index in [0.717, 1.165) is 0 Å². The molecule has 0 rings (SSSR count). The van der Waals surface area contributed by atoms with Crippen molar-refractivity contribution in [2.75, 3.05) is 19.7 Å². The summed E-state index contributed by atoms with van der Waals surface area (Å²) in [5.41, 5.74) is 0. The van der Waals surface area contributed by atoms with Gasteiger partial charge in [-0.2, -0.15) is 0 Å². The van der Waals surface area contributed by atoms with Crippen LogP contribution in [0.3, 0.4) is 0 Å². The predicted octanol–water partition coefficient (Wildman–Crippen LogP) is -2.21. The highest BCUT2D eigenvalue weighted by atomic mass is 19.1. The van der Waals surface area contributed by atoms with Crippen molar-refractivity contribution in [3.05, 3.63) is 0 Å². The number of hydrogen-bond donors (Lipinski definition) is 2. The number of ether oxygens (including phenoxy) is 1. The molecule has 0 spiro atoms. The average molecular weight is 194 g/mol. The van der Waals surface area contributed by atoms with Crippen LogP contribution in [0, 0.1) is 0 Å². The van der Waals surface area contributed by atoms with E-state index < -0.39 is 31.4 Å². The van der Waals surface area contributed by atoms with Gasteiger partial charge in [0, 0.05) is 13.1 Å². The Morgan fingerprint density at radius 3 is 2.69 bits per heavy atom. The maximum Gasteiger partial charge on any atom is 0.495 e. The van der Waals surface area contributed by atoms with Crippen molar-refractivity contribution in [3.8, 4) is 0 Å². The number of aliphatic hydroxyl groups excluding tert-OH is 1. The Morgan fingerprint density at radius 1 is 1.62 bits per heavy atom. The van der Waals surface area contributed by atoms with E-state index in [1.165, 1.54) is 0 Å². The number of aliphatic carboxylic acids is 1. The minimum absolute atomic E-state index is 0.124. The van der Waals surface area contributed by atoms with E-state index in [1.54, 1.807) is 0 Å². The fraction of sp³-hybridized carbons (Fsp3) is 0.667. The van der Waals surface area contributed by atoms with Crippen LogP contribution in [0.4, 0.5) is 9.18 Å². The fourth-order valence-electron chi connectivity index (χ4n) is 0.561. The zero-order valence-electron chi connectivity index (χ0n) is 6.66. The molecule has 0 aliphatic rings. The summed E-state index contributed by atoms with van der Waals surface area (Å²) in [7, 11) is 0. The Hall–Kier alpha value is -1.21. The molecule has 0 aromatic heterocycles. The number of rotatable bonds is 6. The Kier molecular flexibility index (Phi) is 5.73. The molecular formula is C6H9FNO5-. The zero-order valence-corrected chi connectivity index (χ0v) is 6.66. The molecule has 2 N–H and O–H groups in total. The average Bonchev–Trinajstić information content (AvgIpc) is 2.00. The molecule has 0 aromatic carbocycles. The van der Waals surface area contributed by atoms with Gasteiger partial charge in [-0.25, -0.2) is 4.79 Å². The number of hydrogen-bond acceptors (Lipinski definition) is 6. The lowest BCUT2D eigenvalue weighted by Crippen LogP contribution is -2.39. The van der Waals surface area contributed by atoms with Gasteiger partial charge < -0.3 is 25.1 Å². The van der Waals surface area contributed by atoms with Gasteiger partial charge in [0.25, 0.3) is 0 Å². The van der Waals surface area contributed by atoms with E-state index in [9.17, 15) is 19.1 Å². The van der Waals surface area contributed by atoms with Gasteiger partial charge in [0.05, 0.1) is 5.97 Å². The van der Waals surface area contributed by atoms with Crippen molar-refractivity contribution in [1.29, 1.82) is 0 Å². The second-order valence-electron chi connectivity index (χ2n) is 2.21. The quantitative estimate of drug-likeness (QED) is 0.465. The minimum atomic E-state index is -1.99. The van der Waals surface area contributed by atoms with Gasteiger partial charge in [-0.15, -0.1) is 4.39 Å². The van der Waals surface area contributed by atoms with E-state index >= 15 is 0 Å². The minimum Gasteiger partial charge on any atom is -0.549 e. The van der Waals surface area contributed by atoms with Crippen LogP contribution in [0.15, 0.2) is 0 Å². The number of carboxylic acid groups (broad SMARTS) is 1. The number of carboxylic acids is 1. The van der Waals surface area contributed by atoms with Gasteiger partial charge in [0.15, 0.2) is 0 Å². The summed E-state index contributed by atoms with van der Waals surface area (Å²) < 4.78 is 15.2. The normalized spacial score (nSPS) is 12.2. The van der Waals surface area contributed by atoms with Gasteiger partial charge in [-0.1, -0.05) is 0 Å². The van der Waals surface area contributed by atoms with Crippen LogP contribution in [-0.4, -0.2) is 43.1 Å². The molecule has 0 saturated carbocycles. The van der Waals surface area contributed by atoms with Crippen LogP contribution in [0.2, 0.25) is 0 Å². The van der Waals surface area contributed by atoms with E-state index in [0.29, 0.717) is 0 Å². The largest absolute Gasteiger partial charge is 0.549 e. The summed E-state index contributed by atoms with van der Waals surface area (Å²) >= 11 is 0. The molecule has 0 saturated heterocycles. The topological polar surface area (TPSA) is 98.7 Å². The first kappa shape index (κ1) is 11.8. The van der Waals surface area contributed by atoms with Crippen LogP contribution >= 0.6 is 0 Å². The lowest BCUT2D eigenvalue weighted by Gasteiger charge is -2.10. The van der Waals surface area contributed by atoms with Crippen molar-refractivity contribution < 1.29 is 28.9 Å². The number of carbonyl (C=O) groups excluding carboxylic acids is 2. The van der Waals surface area contributed by atoms with E-state index in [1.807, 2.05) is 0 Å². The molecular weight excluding hydrogens is 185 g/mol. The first-order chi connectivity index (χ1) is 6.02. The zero-order chi connectivity index (χ0) is 10.3. The van der Waals surface area contributed by atoms with Crippen LogP contribution < -0.4 is 10.4 Å². The Bertz CT molecular complexity index is 186. The number of aliphatic hydroxyl groups is 1. The van der Waals surface area contributed by atoms with Crippen molar-refractivity contribution in [3.63, 3.8) is 0 Å². The Balaban J connectivity index is 3.35. The molecule has 0 aliphatic carbocycles. The molecule has 76 valence electrons. The van der Waals surface area contributed by atoms with E-state index in [4.69, 9.17) is 5.11 Å². The monoisotopic (exact) mass is 194 g/mol. The second-order valence-corrected chi connectivity index (χ2v) is 2.21. The van der Waals surface area contributed by atoms with Gasteiger partial charge in [0.1, 0.15) is 12.7 Å². The number of halogens is 1. The standard InChI is InChI=1S/C6H10FNO5/c7-6(12)13-3-4(9)1-8-2-5(10)11/h4,8-9H,1-3H2,(H,10,11)/p-1. The fourth-order valence-corrected chi connectivity index (χ4v) is 0.561. The summed E-state index contributed by atoms with van der Waals surface area (Å²) in [6.07, 6.45) is -3.13. The molecule has 6 nitrogen and oxygen atoms in total. The van der Waals surface area contributed by atoms with Crippen molar-refractivity contribution in [2.45, 2.75) is 6.10 Å². The molecule has 0 aliphatic heterocycles. The lowest BCUT2D eigenvalue weighted by atomic mass is 10.4. The summed E-state index contributed by atoms with van der Waals surface area (Å²) in [4.78, 5) is 19.5. The third kappa shape index (κ3) is 8.70. The summed E-state index contributed by atoms with van der Waals surface area (Å²) in [5, 5.41) is 21.0. The van der Waals surface area contributed by atoms with Gasteiger partial charge in [-0.3, -0.25) is 0 Å². The summed E-state index contributed by atoms with van der Waals surface area (Å²) in [6, 6.07) is 0. The molecule has 0 heterocycles. The van der Waals surface area contributed by atoms with Gasteiger partial charge in [-0.05, 0) is 0 Å². The van der Waals surface area contributed by atoms with E-state index in [2.05, 4.69) is 10.1 Å². The van der Waals surface area contributed by atoms with Crippen LogP contribution in [0.25, 0.3) is 0 Å². The first-order valence-corrected chi connectivity index (χ1v) is 3.43. The third-order valence-electron chi connectivity index (χ3n) is 1.04.